The molecule has 0 aliphatic carbocycles. The first-order chi connectivity index (χ1) is 17.0. The van der Waals surface area contributed by atoms with Crippen molar-refractivity contribution >= 4 is 62.4 Å². The van der Waals surface area contributed by atoms with E-state index in [4.69, 9.17) is 0 Å². The molecule has 3 amide bonds. The Balaban J connectivity index is 1.31. The van der Waals surface area contributed by atoms with Gasteiger partial charge in [0.25, 0.3) is 11.8 Å². The number of benzene rings is 3. The second-order valence-electron chi connectivity index (χ2n) is 8.12. The minimum absolute atomic E-state index is 0.0726. The summed E-state index contributed by atoms with van der Waals surface area (Å²) >= 11 is 2.82. The molecule has 35 heavy (non-hydrogen) atoms. The Morgan fingerprint density at radius 3 is 2.23 bits per heavy atom. The molecule has 0 atom stereocenters. The zero-order valence-electron chi connectivity index (χ0n) is 19.3. The van der Waals surface area contributed by atoms with E-state index < -0.39 is 0 Å². The minimum atomic E-state index is -0.320. The number of para-hydroxylation sites is 1. The zero-order valence-corrected chi connectivity index (χ0v) is 21.0. The van der Waals surface area contributed by atoms with Gasteiger partial charge in [-0.25, -0.2) is 9.88 Å². The number of carbonyl (C=O) groups is 3. The van der Waals surface area contributed by atoms with Crippen LogP contribution in [-0.4, -0.2) is 28.5 Å². The number of nitrogens with one attached hydrogen (secondary N) is 1. The van der Waals surface area contributed by atoms with Gasteiger partial charge in [-0.1, -0.05) is 55.9 Å². The van der Waals surface area contributed by atoms with E-state index >= 15 is 0 Å². The molecule has 1 N–H and O–H groups in total. The van der Waals surface area contributed by atoms with E-state index in [0.29, 0.717) is 16.8 Å². The summed E-state index contributed by atoms with van der Waals surface area (Å²) < 4.78 is 1.61. The highest BCUT2D eigenvalue weighted by Gasteiger charge is 2.36. The number of anilines is 2. The summed E-state index contributed by atoms with van der Waals surface area (Å²) in [7, 11) is 0. The van der Waals surface area contributed by atoms with Gasteiger partial charge in [-0.3, -0.25) is 14.4 Å². The molecule has 6 nitrogen and oxygen atoms in total. The lowest BCUT2D eigenvalue weighted by Crippen LogP contribution is -2.29. The van der Waals surface area contributed by atoms with Gasteiger partial charge in [0.1, 0.15) is 0 Å². The van der Waals surface area contributed by atoms with Gasteiger partial charge < -0.3 is 5.32 Å². The van der Waals surface area contributed by atoms with Crippen LogP contribution in [0.5, 0.6) is 0 Å². The molecule has 8 heteroatoms. The largest absolute Gasteiger partial charge is 0.325 e. The summed E-state index contributed by atoms with van der Waals surface area (Å²) in [6.07, 6.45) is 1.70. The van der Waals surface area contributed by atoms with Crippen molar-refractivity contribution in [3.8, 4) is 0 Å². The molecule has 0 spiro atoms. The lowest BCUT2D eigenvalue weighted by molar-refractivity contribution is -0.113. The highest BCUT2D eigenvalue weighted by molar-refractivity contribution is 8.01. The lowest BCUT2D eigenvalue weighted by Gasteiger charge is -2.14. The van der Waals surface area contributed by atoms with Crippen LogP contribution in [-0.2, 0) is 17.6 Å². The topological polar surface area (TPSA) is 79.4 Å². The van der Waals surface area contributed by atoms with E-state index in [0.717, 1.165) is 44.2 Å². The average Bonchev–Trinajstić information content (AvgIpc) is 3.40. The highest BCUT2D eigenvalue weighted by atomic mass is 32.2. The van der Waals surface area contributed by atoms with Crippen molar-refractivity contribution in [3.05, 3.63) is 82.9 Å². The highest BCUT2D eigenvalue weighted by Crippen LogP contribution is 2.35. The fourth-order valence-electron chi connectivity index (χ4n) is 4.22. The van der Waals surface area contributed by atoms with Crippen LogP contribution in [0.2, 0.25) is 0 Å². The van der Waals surface area contributed by atoms with Crippen LogP contribution in [0, 0.1) is 0 Å². The van der Waals surface area contributed by atoms with E-state index in [1.807, 2.05) is 24.3 Å². The normalized spacial score (nSPS) is 12.9. The maximum Gasteiger partial charge on any atom is 0.266 e. The van der Waals surface area contributed by atoms with E-state index in [2.05, 4.69) is 24.1 Å². The molecule has 1 aromatic heterocycles. The van der Waals surface area contributed by atoms with E-state index in [-0.39, 0.29) is 23.5 Å². The Kier molecular flexibility index (Phi) is 6.40. The average molecular weight is 502 g/mol. The molecule has 0 saturated heterocycles. The number of hydrogen-bond donors (Lipinski definition) is 1. The number of aromatic nitrogens is 1. The molecular weight excluding hydrogens is 478 g/mol. The van der Waals surface area contributed by atoms with Gasteiger partial charge in [0.05, 0.1) is 32.8 Å². The van der Waals surface area contributed by atoms with Crippen LogP contribution in [0.4, 0.5) is 11.4 Å². The van der Waals surface area contributed by atoms with Crippen molar-refractivity contribution in [1.82, 2.24) is 4.98 Å². The van der Waals surface area contributed by atoms with Gasteiger partial charge in [0, 0.05) is 5.69 Å². The van der Waals surface area contributed by atoms with Crippen molar-refractivity contribution in [2.75, 3.05) is 16.0 Å². The molecule has 0 bridgehead atoms. The molecule has 5 rings (SSSR count). The van der Waals surface area contributed by atoms with Gasteiger partial charge in [-0.15, -0.1) is 11.3 Å². The first kappa shape index (κ1) is 23.3. The third kappa shape index (κ3) is 4.35. The van der Waals surface area contributed by atoms with Gasteiger partial charge >= 0.3 is 0 Å². The number of carbonyl (C=O) groups excluding carboxylic acids is 3. The monoisotopic (exact) mass is 501 g/mol. The van der Waals surface area contributed by atoms with Crippen molar-refractivity contribution in [2.45, 2.75) is 31.0 Å². The van der Waals surface area contributed by atoms with Gasteiger partial charge in [0.15, 0.2) is 4.34 Å². The molecule has 0 radical (unpaired) electrons. The molecule has 2 heterocycles. The predicted molar refractivity (Wildman–Crippen MR) is 142 cm³/mol. The van der Waals surface area contributed by atoms with E-state index in [1.165, 1.54) is 28.0 Å². The predicted octanol–water partition coefficient (Wildman–Crippen LogP) is 5.95. The summed E-state index contributed by atoms with van der Waals surface area (Å²) in [6, 6.07) is 18.3. The van der Waals surface area contributed by atoms with Gasteiger partial charge in [0.2, 0.25) is 5.91 Å². The Morgan fingerprint density at radius 2 is 1.60 bits per heavy atom. The van der Waals surface area contributed by atoms with Crippen LogP contribution in [0.25, 0.3) is 10.2 Å². The molecule has 0 unspecified atom stereocenters. The summed E-state index contributed by atoms with van der Waals surface area (Å²) in [5.41, 5.74) is 5.29. The molecule has 0 saturated carbocycles. The molecular formula is C27H23N3O3S2. The van der Waals surface area contributed by atoms with Crippen molar-refractivity contribution in [3.63, 3.8) is 0 Å². The Hall–Kier alpha value is -3.49. The van der Waals surface area contributed by atoms with Crippen molar-refractivity contribution < 1.29 is 14.4 Å². The second kappa shape index (κ2) is 9.64. The fraction of sp³-hybridized carbons (Fsp3) is 0.185. The number of hydrogen-bond acceptors (Lipinski definition) is 6. The van der Waals surface area contributed by atoms with Crippen LogP contribution in [0.3, 0.4) is 0 Å². The number of rotatable bonds is 7. The molecule has 1 aliphatic rings. The molecule has 0 fully saturated rings. The minimum Gasteiger partial charge on any atom is -0.325 e. The first-order valence-corrected chi connectivity index (χ1v) is 13.2. The Labute approximate surface area is 211 Å². The standard InChI is InChI=1S/C27H23N3O3S2/c1-3-16-8-7-9-17(4-2)24(16)29-23(31)15-34-27-28-21-13-12-18(14-22(21)35-27)30-25(32)19-10-5-6-11-20(19)26(30)33/h5-14H,3-4,15H2,1-2H3,(H,29,31). The first-order valence-electron chi connectivity index (χ1n) is 11.4. The summed E-state index contributed by atoms with van der Waals surface area (Å²) in [6.45, 7) is 4.16. The van der Waals surface area contributed by atoms with Crippen LogP contribution in [0.1, 0.15) is 45.7 Å². The third-order valence-corrected chi connectivity index (χ3v) is 8.16. The number of fused-ring (bicyclic) bond motifs is 2. The number of amides is 3. The van der Waals surface area contributed by atoms with Crippen LogP contribution >= 0.6 is 23.1 Å². The number of aryl methyl sites for hydroxylation is 2. The number of thiazole rings is 1. The maximum absolute atomic E-state index is 12.8. The lowest BCUT2D eigenvalue weighted by atomic mass is 10.0. The molecule has 4 aromatic rings. The summed E-state index contributed by atoms with van der Waals surface area (Å²) in [5, 5.41) is 3.09. The summed E-state index contributed by atoms with van der Waals surface area (Å²) in [5.74, 6) is -0.470. The van der Waals surface area contributed by atoms with Crippen molar-refractivity contribution in [2.24, 2.45) is 0 Å². The smallest absolute Gasteiger partial charge is 0.266 e. The van der Waals surface area contributed by atoms with Gasteiger partial charge in [-0.2, -0.15) is 0 Å². The van der Waals surface area contributed by atoms with Gasteiger partial charge in [-0.05, 0) is 54.3 Å². The number of nitrogens with zero attached hydrogens (tertiary/aromatic N) is 2. The number of thioether (sulfide) groups is 1. The van der Waals surface area contributed by atoms with Crippen LogP contribution in [0.15, 0.2) is 65.0 Å². The van der Waals surface area contributed by atoms with Crippen molar-refractivity contribution in [1.29, 1.82) is 0 Å². The Bertz CT molecular complexity index is 1420. The Morgan fingerprint density at radius 1 is 0.943 bits per heavy atom. The van der Waals surface area contributed by atoms with E-state index in [9.17, 15) is 14.4 Å². The quantitative estimate of drug-likeness (QED) is 0.250. The summed E-state index contributed by atoms with van der Waals surface area (Å²) in [4.78, 5) is 44.2. The molecule has 3 aromatic carbocycles. The number of imide groups is 1. The SMILES string of the molecule is CCc1cccc(CC)c1NC(=O)CSc1nc2ccc(N3C(=O)c4ccccc4C3=O)cc2s1. The molecule has 1 aliphatic heterocycles. The zero-order chi connectivity index (χ0) is 24.5. The van der Waals surface area contributed by atoms with E-state index in [1.54, 1.807) is 36.4 Å². The molecule has 176 valence electrons. The maximum atomic E-state index is 12.8. The third-order valence-electron chi connectivity index (χ3n) is 5.99. The second-order valence-corrected chi connectivity index (χ2v) is 10.4. The van der Waals surface area contributed by atoms with Crippen LogP contribution < -0.4 is 10.2 Å². The fourth-order valence-corrected chi connectivity index (χ4v) is 6.12.